The van der Waals surface area contributed by atoms with Gasteiger partial charge < -0.3 is 9.84 Å². The molecule has 4 atom stereocenters. The third-order valence-corrected chi connectivity index (χ3v) is 5.46. The van der Waals surface area contributed by atoms with Crippen LogP contribution in [0.2, 0.25) is 0 Å². The third kappa shape index (κ3) is 7.67. The number of rotatable bonds is 11. The molecule has 0 saturated heterocycles. The highest BCUT2D eigenvalue weighted by Crippen LogP contribution is 2.31. The molecule has 4 nitrogen and oxygen atoms in total. The highest BCUT2D eigenvalue weighted by atomic mass is 16.5. The fourth-order valence-corrected chi connectivity index (χ4v) is 3.54. The summed E-state index contributed by atoms with van der Waals surface area (Å²) in [6.07, 6.45) is 11.2. The normalized spacial score (nSPS) is 23.5. The maximum atomic E-state index is 12.3. The van der Waals surface area contributed by atoms with Crippen molar-refractivity contribution in [3.8, 4) is 0 Å². The van der Waals surface area contributed by atoms with Gasteiger partial charge in [0, 0.05) is 0 Å². The van der Waals surface area contributed by atoms with Crippen molar-refractivity contribution >= 4 is 11.9 Å². The molecule has 0 heterocycles. The quantitative estimate of drug-likeness (QED) is 0.415. The molecule has 4 heteroatoms. The predicted molar refractivity (Wildman–Crippen MR) is 95.8 cm³/mol. The first-order valence-corrected chi connectivity index (χ1v) is 9.89. The summed E-state index contributed by atoms with van der Waals surface area (Å²) >= 11 is 0. The van der Waals surface area contributed by atoms with Crippen LogP contribution in [0.1, 0.15) is 91.4 Å². The Bertz CT molecular complexity index is 380. The molecule has 1 aliphatic carbocycles. The van der Waals surface area contributed by atoms with Gasteiger partial charge in [0.15, 0.2) is 0 Å². The standard InChI is InChI=1S/C20H36O4/c1-4-15(2)11-7-5-6-8-12-16(3)24-20(23)18-14-10-9-13-17(18)19(21)22/h15-18H,4-14H2,1-3H3,(H,21,22). The van der Waals surface area contributed by atoms with Crippen LogP contribution >= 0.6 is 0 Å². The minimum Gasteiger partial charge on any atom is -0.481 e. The highest BCUT2D eigenvalue weighted by molar-refractivity contribution is 5.81. The Morgan fingerprint density at radius 3 is 2.17 bits per heavy atom. The van der Waals surface area contributed by atoms with Crippen molar-refractivity contribution in [1.29, 1.82) is 0 Å². The lowest BCUT2D eigenvalue weighted by atomic mass is 9.79. The van der Waals surface area contributed by atoms with E-state index in [2.05, 4.69) is 13.8 Å². The molecule has 0 aromatic carbocycles. The zero-order valence-electron chi connectivity index (χ0n) is 15.8. The Morgan fingerprint density at radius 1 is 1.00 bits per heavy atom. The smallest absolute Gasteiger partial charge is 0.310 e. The van der Waals surface area contributed by atoms with Crippen molar-refractivity contribution < 1.29 is 19.4 Å². The fraction of sp³-hybridized carbons (Fsp3) is 0.900. The van der Waals surface area contributed by atoms with Gasteiger partial charge in [0.1, 0.15) is 0 Å². The van der Waals surface area contributed by atoms with Gasteiger partial charge in [-0.15, -0.1) is 0 Å². The van der Waals surface area contributed by atoms with Gasteiger partial charge in [-0.3, -0.25) is 9.59 Å². The second-order valence-corrected chi connectivity index (χ2v) is 7.59. The van der Waals surface area contributed by atoms with Crippen LogP contribution in [0.4, 0.5) is 0 Å². The second-order valence-electron chi connectivity index (χ2n) is 7.59. The monoisotopic (exact) mass is 340 g/mol. The molecule has 0 bridgehead atoms. The first-order chi connectivity index (χ1) is 11.5. The lowest BCUT2D eigenvalue weighted by molar-refractivity contribution is -0.163. The Morgan fingerprint density at radius 2 is 1.58 bits per heavy atom. The van der Waals surface area contributed by atoms with E-state index in [0.717, 1.165) is 31.6 Å². The summed E-state index contributed by atoms with van der Waals surface area (Å²) in [6.45, 7) is 6.47. The van der Waals surface area contributed by atoms with Crippen LogP contribution in [-0.2, 0) is 14.3 Å². The maximum Gasteiger partial charge on any atom is 0.310 e. The number of hydrogen-bond donors (Lipinski definition) is 1. The van der Waals surface area contributed by atoms with E-state index < -0.39 is 17.8 Å². The molecule has 140 valence electrons. The lowest BCUT2D eigenvalue weighted by Gasteiger charge is -2.28. The maximum absolute atomic E-state index is 12.3. The van der Waals surface area contributed by atoms with Crippen molar-refractivity contribution in [3.05, 3.63) is 0 Å². The minimum atomic E-state index is -0.856. The summed E-state index contributed by atoms with van der Waals surface area (Å²) in [5, 5.41) is 9.26. The Balaban J connectivity index is 2.20. The molecule has 0 radical (unpaired) electrons. The van der Waals surface area contributed by atoms with Crippen LogP contribution in [0.5, 0.6) is 0 Å². The minimum absolute atomic E-state index is 0.108. The predicted octanol–water partition coefficient (Wildman–Crippen LogP) is 5.20. The lowest BCUT2D eigenvalue weighted by Crippen LogP contribution is -2.35. The zero-order valence-corrected chi connectivity index (χ0v) is 15.8. The SMILES string of the molecule is CCC(C)CCCCCCC(C)OC(=O)C1CCCCC1C(=O)O. The van der Waals surface area contributed by atoms with E-state index in [0.29, 0.717) is 12.8 Å². The molecule has 1 fully saturated rings. The average Bonchev–Trinajstić information content (AvgIpc) is 2.57. The number of carboxylic acids is 1. The van der Waals surface area contributed by atoms with E-state index in [1.54, 1.807) is 0 Å². The first-order valence-electron chi connectivity index (χ1n) is 9.89. The third-order valence-electron chi connectivity index (χ3n) is 5.46. The number of esters is 1. The molecule has 1 rings (SSSR count). The number of hydrogen-bond acceptors (Lipinski definition) is 3. The first kappa shape index (κ1) is 21.0. The van der Waals surface area contributed by atoms with E-state index in [9.17, 15) is 14.7 Å². The van der Waals surface area contributed by atoms with Crippen LogP contribution in [-0.4, -0.2) is 23.1 Å². The molecule has 0 aromatic heterocycles. The summed E-state index contributed by atoms with van der Waals surface area (Å²) in [7, 11) is 0. The van der Waals surface area contributed by atoms with Gasteiger partial charge in [0.25, 0.3) is 0 Å². The van der Waals surface area contributed by atoms with Crippen molar-refractivity contribution in [1.82, 2.24) is 0 Å². The number of ether oxygens (including phenoxy) is 1. The molecule has 0 amide bonds. The molecule has 1 saturated carbocycles. The van der Waals surface area contributed by atoms with Gasteiger partial charge in [-0.25, -0.2) is 0 Å². The van der Waals surface area contributed by atoms with Crippen molar-refractivity contribution in [2.75, 3.05) is 0 Å². The molecule has 0 aliphatic heterocycles. The molecule has 1 N–H and O–H groups in total. The fourth-order valence-electron chi connectivity index (χ4n) is 3.54. The Hall–Kier alpha value is -1.06. The summed E-state index contributed by atoms with van der Waals surface area (Å²) in [4.78, 5) is 23.6. The van der Waals surface area contributed by atoms with Crippen LogP contribution in [0.3, 0.4) is 0 Å². The van der Waals surface area contributed by atoms with Crippen molar-refractivity contribution in [2.45, 2.75) is 97.5 Å². The number of carbonyl (C=O) groups is 2. The van der Waals surface area contributed by atoms with E-state index in [4.69, 9.17) is 4.74 Å². The summed E-state index contributed by atoms with van der Waals surface area (Å²) in [5.41, 5.74) is 0. The van der Waals surface area contributed by atoms with Gasteiger partial charge in [-0.2, -0.15) is 0 Å². The van der Waals surface area contributed by atoms with Crippen LogP contribution < -0.4 is 0 Å². The molecule has 24 heavy (non-hydrogen) atoms. The Kier molecular flexibility index (Phi) is 10.0. The number of carbonyl (C=O) groups excluding carboxylic acids is 1. The number of carboxylic acid groups (broad SMARTS) is 1. The van der Waals surface area contributed by atoms with E-state index in [1.807, 2.05) is 6.92 Å². The molecule has 0 spiro atoms. The van der Waals surface area contributed by atoms with Crippen LogP contribution in [0.25, 0.3) is 0 Å². The molecular weight excluding hydrogens is 304 g/mol. The van der Waals surface area contributed by atoms with Gasteiger partial charge >= 0.3 is 11.9 Å². The highest BCUT2D eigenvalue weighted by Gasteiger charge is 2.37. The van der Waals surface area contributed by atoms with Gasteiger partial charge in [0.2, 0.25) is 0 Å². The van der Waals surface area contributed by atoms with Crippen LogP contribution in [0.15, 0.2) is 0 Å². The summed E-state index contributed by atoms with van der Waals surface area (Å²) < 4.78 is 5.53. The number of unbranched alkanes of at least 4 members (excludes halogenated alkanes) is 3. The Labute approximate surface area is 147 Å². The molecule has 1 aliphatic rings. The van der Waals surface area contributed by atoms with Gasteiger partial charge in [0.05, 0.1) is 17.9 Å². The molecule has 4 unspecified atom stereocenters. The summed E-state index contributed by atoms with van der Waals surface area (Å²) in [5.74, 6) is -1.34. The topological polar surface area (TPSA) is 63.6 Å². The second kappa shape index (κ2) is 11.5. The van der Waals surface area contributed by atoms with Crippen molar-refractivity contribution in [2.24, 2.45) is 17.8 Å². The zero-order chi connectivity index (χ0) is 17.9. The van der Waals surface area contributed by atoms with E-state index in [-0.39, 0.29) is 12.1 Å². The van der Waals surface area contributed by atoms with E-state index in [1.165, 1.54) is 32.1 Å². The van der Waals surface area contributed by atoms with Gasteiger partial charge in [-0.05, 0) is 38.5 Å². The van der Waals surface area contributed by atoms with E-state index >= 15 is 0 Å². The van der Waals surface area contributed by atoms with Crippen LogP contribution in [0, 0.1) is 17.8 Å². The molecule has 0 aromatic rings. The summed E-state index contributed by atoms with van der Waals surface area (Å²) in [6, 6.07) is 0. The largest absolute Gasteiger partial charge is 0.481 e. The van der Waals surface area contributed by atoms with Gasteiger partial charge in [-0.1, -0.05) is 58.8 Å². The average molecular weight is 341 g/mol. The van der Waals surface area contributed by atoms with Crippen molar-refractivity contribution in [3.63, 3.8) is 0 Å². The molecular formula is C20H36O4. The number of aliphatic carboxylic acids is 1.